The molecule has 0 amide bonds. The zero-order chi connectivity index (χ0) is 17.5. The predicted octanol–water partition coefficient (Wildman–Crippen LogP) is 3.44. The maximum atomic E-state index is 4.47. The Balaban J connectivity index is 0.00000243. The smallest absolute Gasteiger partial charge is 0.193 e. The molecule has 0 saturated carbocycles. The van der Waals surface area contributed by atoms with Crippen molar-refractivity contribution >= 4 is 41.7 Å². The van der Waals surface area contributed by atoms with Crippen molar-refractivity contribution in [3.05, 3.63) is 48.3 Å². The number of nitrogens with zero attached hydrogens (tertiary/aromatic N) is 4. The molecule has 7 heteroatoms. The summed E-state index contributed by atoms with van der Waals surface area (Å²) < 4.78 is 1.93. The van der Waals surface area contributed by atoms with Gasteiger partial charge in [0.1, 0.15) is 0 Å². The average Bonchev–Trinajstić information content (AvgIpc) is 3.15. The number of para-hydroxylation sites is 1. The number of benzene rings is 1. The van der Waals surface area contributed by atoms with Crippen molar-refractivity contribution in [1.29, 1.82) is 0 Å². The number of rotatable bonds is 5. The predicted molar refractivity (Wildman–Crippen MR) is 122 cm³/mol. The molecule has 0 radical (unpaired) electrons. The average molecular weight is 485 g/mol. The first-order chi connectivity index (χ1) is 12.3. The van der Waals surface area contributed by atoms with Gasteiger partial charge in [-0.05, 0) is 30.5 Å². The number of aliphatic imine (C=N–C) groups is 1. The first kappa shape index (κ1) is 21.1. The topological polar surface area (TPSA) is 45.4 Å². The fraction of sp³-hybridized carbons (Fsp3) is 0.474. The molecule has 1 aromatic heterocycles. The lowest BCUT2D eigenvalue weighted by Crippen LogP contribution is -2.48. The van der Waals surface area contributed by atoms with E-state index in [1.807, 2.05) is 36.1 Å². The number of hydrogen-bond donors (Lipinski definition) is 1. The summed E-state index contributed by atoms with van der Waals surface area (Å²) in [6.07, 6.45) is 6.20. The summed E-state index contributed by atoms with van der Waals surface area (Å²) in [6, 6.07) is 10.2. The Labute approximate surface area is 177 Å². The van der Waals surface area contributed by atoms with Gasteiger partial charge in [-0.15, -0.1) is 24.0 Å². The fourth-order valence-corrected chi connectivity index (χ4v) is 4.20. The van der Waals surface area contributed by atoms with Crippen molar-refractivity contribution in [2.24, 2.45) is 4.99 Å². The second-order valence-corrected chi connectivity index (χ2v) is 7.61. The molecule has 1 aliphatic rings. The molecule has 1 saturated heterocycles. The molecule has 3 rings (SSSR count). The molecule has 1 unspecified atom stereocenters. The van der Waals surface area contributed by atoms with Crippen LogP contribution in [0.5, 0.6) is 0 Å². The van der Waals surface area contributed by atoms with Crippen LogP contribution in [0, 0.1) is 0 Å². The van der Waals surface area contributed by atoms with E-state index >= 15 is 0 Å². The molecule has 1 atom stereocenters. The lowest BCUT2D eigenvalue weighted by atomic mass is 10.2. The Morgan fingerprint density at radius 1 is 1.35 bits per heavy atom. The minimum Gasteiger partial charge on any atom is -0.356 e. The molecule has 1 aromatic carbocycles. The molecule has 0 spiro atoms. The minimum absolute atomic E-state index is 0. The van der Waals surface area contributed by atoms with Crippen LogP contribution < -0.4 is 5.32 Å². The van der Waals surface area contributed by atoms with E-state index < -0.39 is 0 Å². The Bertz CT molecular complexity index is 688. The highest BCUT2D eigenvalue weighted by molar-refractivity contribution is 14.0. The number of hydrogen-bond acceptors (Lipinski definition) is 3. The minimum atomic E-state index is 0. The second-order valence-electron chi connectivity index (χ2n) is 6.20. The lowest BCUT2D eigenvalue weighted by Gasteiger charge is -2.34. The summed E-state index contributed by atoms with van der Waals surface area (Å²) in [5.41, 5.74) is 2.32. The quantitative estimate of drug-likeness (QED) is 0.401. The molecular weight excluding hydrogens is 457 g/mol. The lowest BCUT2D eigenvalue weighted by molar-refractivity contribution is 0.408. The van der Waals surface area contributed by atoms with Crippen molar-refractivity contribution in [3.8, 4) is 5.69 Å². The number of aromatic nitrogens is 2. The number of halogens is 1. The van der Waals surface area contributed by atoms with Gasteiger partial charge in [0.05, 0.1) is 11.9 Å². The molecule has 1 fully saturated rings. The first-order valence-electron chi connectivity index (χ1n) is 8.96. The summed E-state index contributed by atoms with van der Waals surface area (Å²) in [6.45, 7) is 5.30. The Hall–Kier alpha value is -1.22. The van der Waals surface area contributed by atoms with Gasteiger partial charge in [0, 0.05) is 43.9 Å². The SMILES string of the molecule is CCC1CN(C(=NC)NCCc2cnn(-c3ccccc3)c2)CCS1.I. The van der Waals surface area contributed by atoms with Gasteiger partial charge in [0.2, 0.25) is 0 Å². The van der Waals surface area contributed by atoms with Gasteiger partial charge in [0.15, 0.2) is 5.96 Å². The third-order valence-electron chi connectivity index (χ3n) is 4.46. The van der Waals surface area contributed by atoms with Crippen LogP contribution in [-0.4, -0.2) is 58.3 Å². The zero-order valence-corrected chi connectivity index (χ0v) is 18.6. The van der Waals surface area contributed by atoms with Crippen LogP contribution in [0.4, 0.5) is 0 Å². The van der Waals surface area contributed by atoms with Crippen molar-refractivity contribution in [2.75, 3.05) is 32.4 Å². The Kier molecular flexibility index (Phi) is 8.77. The third-order valence-corrected chi connectivity index (χ3v) is 5.83. The monoisotopic (exact) mass is 485 g/mol. The molecule has 0 bridgehead atoms. The Morgan fingerprint density at radius 3 is 2.88 bits per heavy atom. The van der Waals surface area contributed by atoms with E-state index in [0.717, 1.165) is 43.0 Å². The van der Waals surface area contributed by atoms with E-state index in [-0.39, 0.29) is 24.0 Å². The molecule has 0 aliphatic carbocycles. The molecular formula is C19H28IN5S. The van der Waals surface area contributed by atoms with E-state index in [4.69, 9.17) is 0 Å². The Morgan fingerprint density at radius 2 is 2.15 bits per heavy atom. The van der Waals surface area contributed by atoms with Gasteiger partial charge in [-0.2, -0.15) is 16.9 Å². The van der Waals surface area contributed by atoms with Crippen molar-refractivity contribution < 1.29 is 0 Å². The van der Waals surface area contributed by atoms with Gasteiger partial charge < -0.3 is 10.2 Å². The summed E-state index contributed by atoms with van der Waals surface area (Å²) in [5, 5.41) is 8.69. The summed E-state index contributed by atoms with van der Waals surface area (Å²) in [4.78, 5) is 6.85. The summed E-state index contributed by atoms with van der Waals surface area (Å²) in [5.74, 6) is 2.21. The first-order valence-corrected chi connectivity index (χ1v) is 10.0. The van der Waals surface area contributed by atoms with E-state index in [1.165, 1.54) is 17.7 Å². The van der Waals surface area contributed by atoms with Gasteiger partial charge in [0.25, 0.3) is 0 Å². The number of nitrogens with one attached hydrogen (secondary N) is 1. The van der Waals surface area contributed by atoms with Gasteiger partial charge in [-0.1, -0.05) is 25.1 Å². The van der Waals surface area contributed by atoms with E-state index in [9.17, 15) is 0 Å². The highest BCUT2D eigenvalue weighted by atomic mass is 127. The molecule has 2 aromatic rings. The van der Waals surface area contributed by atoms with E-state index in [1.54, 1.807) is 0 Å². The summed E-state index contributed by atoms with van der Waals surface area (Å²) in [7, 11) is 1.87. The third kappa shape index (κ3) is 5.64. The maximum Gasteiger partial charge on any atom is 0.193 e. The standard InChI is InChI=1S/C19H27N5S.HI/c1-3-18-15-23(11-12-25-18)19(20-2)21-10-9-16-13-22-24(14-16)17-7-5-4-6-8-17;/h4-8,13-14,18H,3,9-12,15H2,1-2H3,(H,20,21);1H. The highest BCUT2D eigenvalue weighted by Gasteiger charge is 2.21. The highest BCUT2D eigenvalue weighted by Crippen LogP contribution is 2.21. The maximum absolute atomic E-state index is 4.47. The molecule has 1 N–H and O–H groups in total. The molecule has 1 aliphatic heterocycles. The van der Waals surface area contributed by atoms with Crippen LogP contribution in [0.3, 0.4) is 0 Å². The normalized spacial score (nSPS) is 17.7. The second kappa shape index (κ2) is 10.8. The van der Waals surface area contributed by atoms with Crippen molar-refractivity contribution in [1.82, 2.24) is 20.0 Å². The van der Waals surface area contributed by atoms with Crippen molar-refractivity contribution in [2.45, 2.75) is 25.0 Å². The van der Waals surface area contributed by atoms with Crippen LogP contribution in [0.25, 0.3) is 5.69 Å². The van der Waals surface area contributed by atoms with Crippen LogP contribution in [0.15, 0.2) is 47.7 Å². The molecule has 26 heavy (non-hydrogen) atoms. The van der Waals surface area contributed by atoms with Crippen LogP contribution in [0.2, 0.25) is 0 Å². The van der Waals surface area contributed by atoms with Crippen LogP contribution >= 0.6 is 35.7 Å². The van der Waals surface area contributed by atoms with Crippen LogP contribution in [0.1, 0.15) is 18.9 Å². The molecule has 2 heterocycles. The van der Waals surface area contributed by atoms with E-state index in [0.29, 0.717) is 0 Å². The summed E-state index contributed by atoms with van der Waals surface area (Å²) >= 11 is 2.08. The molecule has 5 nitrogen and oxygen atoms in total. The fourth-order valence-electron chi connectivity index (χ4n) is 3.02. The van der Waals surface area contributed by atoms with Gasteiger partial charge in [-0.3, -0.25) is 4.99 Å². The largest absolute Gasteiger partial charge is 0.356 e. The van der Waals surface area contributed by atoms with Gasteiger partial charge >= 0.3 is 0 Å². The molecule has 142 valence electrons. The number of guanidine groups is 1. The number of thioether (sulfide) groups is 1. The zero-order valence-electron chi connectivity index (χ0n) is 15.5. The van der Waals surface area contributed by atoms with Gasteiger partial charge in [-0.25, -0.2) is 4.68 Å². The van der Waals surface area contributed by atoms with E-state index in [2.05, 4.69) is 57.3 Å². The van der Waals surface area contributed by atoms with Crippen molar-refractivity contribution in [3.63, 3.8) is 0 Å². The van der Waals surface area contributed by atoms with Crippen LogP contribution in [-0.2, 0) is 6.42 Å².